The lowest BCUT2D eigenvalue weighted by molar-refractivity contribution is -0.129. The molecule has 3 aromatic carbocycles. The minimum Gasteiger partial charge on any atom is -0.497 e. The van der Waals surface area contributed by atoms with Crippen LogP contribution in [-0.2, 0) is 16.1 Å². The first kappa shape index (κ1) is 24.0. The van der Waals surface area contributed by atoms with Crippen molar-refractivity contribution in [2.24, 2.45) is 4.99 Å². The molecule has 0 spiro atoms. The van der Waals surface area contributed by atoms with Crippen LogP contribution in [0.1, 0.15) is 12.0 Å². The third-order valence-electron chi connectivity index (χ3n) is 5.58. The largest absolute Gasteiger partial charge is 0.497 e. The van der Waals surface area contributed by atoms with Crippen LogP contribution >= 0.6 is 23.4 Å². The lowest BCUT2D eigenvalue weighted by Gasteiger charge is -2.32. The van der Waals surface area contributed by atoms with E-state index in [4.69, 9.17) is 30.8 Å². The molecule has 184 valence electrons. The highest BCUT2D eigenvalue weighted by molar-refractivity contribution is 8.15. The molecule has 0 bridgehead atoms. The number of benzene rings is 3. The Morgan fingerprint density at radius 3 is 2.81 bits per heavy atom. The summed E-state index contributed by atoms with van der Waals surface area (Å²) in [5.41, 5.74) is 2.03. The number of methoxy groups -OCH3 is 1. The number of hydrogen-bond acceptors (Lipinski definition) is 7. The smallest absolute Gasteiger partial charge is 0.238 e. The van der Waals surface area contributed by atoms with E-state index in [0.29, 0.717) is 38.8 Å². The van der Waals surface area contributed by atoms with Gasteiger partial charge in [-0.15, -0.1) is 0 Å². The number of aliphatic imine (C=N–C) groups is 1. The normalized spacial score (nSPS) is 17.8. The molecule has 10 heteroatoms. The number of rotatable bonds is 6. The minimum atomic E-state index is -0.658. The van der Waals surface area contributed by atoms with Crippen LogP contribution in [0.2, 0.25) is 5.02 Å². The molecule has 0 aliphatic carbocycles. The lowest BCUT2D eigenvalue weighted by Crippen LogP contribution is -2.44. The second kappa shape index (κ2) is 10.5. The third-order valence-corrected chi connectivity index (χ3v) is 7.00. The maximum atomic E-state index is 13.3. The molecule has 2 amide bonds. The molecule has 0 radical (unpaired) electrons. The SMILES string of the molecule is COc1cccc(NC(=O)C2CC(=O)N(Cc3ccc4c(c3)OCO4)C(=Nc3cccc(Cl)c3)S2)c1. The Hall–Kier alpha value is -3.69. The van der Waals surface area contributed by atoms with Gasteiger partial charge in [0.25, 0.3) is 0 Å². The van der Waals surface area contributed by atoms with Crippen molar-refractivity contribution < 1.29 is 23.8 Å². The van der Waals surface area contributed by atoms with Gasteiger partial charge in [0.2, 0.25) is 18.6 Å². The minimum absolute atomic E-state index is 0.0274. The van der Waals surface area contributed by atoms with E-state index >= 15 is 0 Å². The number of carbonyl (C=O) groups excluding carboxylic acids is 2. The Bertz CT molecular complexity index is 1350. The summed E-state index contributed by atoms with van der Waals surface area (Å²) in [5.74, 6) is 1.42. The quantitative estimate of drug-likeness (QED) is 0.475. The number of nitrogens with one attached hydrogen (secondary N) is 1. The van der Waals surface area contributed by atoms with Gasteiger partial charge >= 0.3 is 0 Å². The number of fused-ring (bicyclic) bond motifs is 1. The van der Waals surface area contributed by atoms with E-state index in [9.17, 15) is 9.59 Å². The Balaban J connectivity index is 1.40. The molecule has 0 aromatic heterocycles. The van der Waals surface area contributed by atoms with Crippen molar-refractivity contribution in [3.63, 3.8) is 0 Å². The first-order chi connectivity index (χ1) is 17.5. The fourth-order valence-electron chi connectivity index (χ4n) is 3.80. The number of hydrogen-bond donors (Lipinski definition) is 1. The highest BCUT2D eigenvalue weighted by atomic mass is 35.5. The summed E-state index contributed by atoms with van der Waals surface area (Å²) >= 11 is 7.39. The van der Waals surface area contributed by atoms with E-state index < -0.39 is 5.25 Å². The molecule has 5 rings (SSSR count). The van der Waals surface area contributed by atoms with Crippen LogP contribution in [0.25, 0.3) is 0 Å². The molecule has 0 saturated carbocycles. The number of anilines is 1. The van der Waals surface area contributed by atoms with Gasteiger partial charge in [-0.3, -0.25) is 14.5 Å². The third kappa shape index (κ3) is 5.42. The first-order valence-electron chi connectivity index (χ1n) is 11.1. The van der Waals surface area contributed by atoms with Gasteiger partial charge in [-0.25, -0.2) is 4.99 Å². The van der Waals surface area contributed by atoms with Crippen molar-refractivity contribution in [3.8, 4) is 17.2 Å². The van der Waals surface area contributed by atoms with E-state index in [2.05, 4.69) is 5.32 Å². The zero-order valence-electron chi connectivity index (χ0n) is 19.3. The summed E-state index contributed by atoms with van der Waals surface area (Å²) in [7, 11) is 1.56. The Kier molecular flexibility index (Phi) is 7.02. The van der Waals surface area contributed by atoms with Gasteiger partial charge in [-0.2, -0.15) is 0 Å². The zero-order chi connectivity index (χ0) is 25.1. The van der Waals surface area contributed by atoms with Gasteiger partial charge in [0, 0.05) is 23.2 Å². The number of nitrogens with zero attached hydrogens (tertiary/aromatic N) is 2. The summed E-state index contributed by atoms with van der Waals surface area (Å²) in [4.78, 5) is 32.7. The fourth-order valence-corrected chi connectivity index (χ4v) is 5.08. The van der Waals surface area contributed by atoms with Gasteiger partial charge in [0.15, 0.2) is 16.7 Å². The molecule has 2 heterocycles. The maximum Gasteiger partial charge on any atom is 0.238 e. The summed E-state index contributed by atoms with van der Waals surface area (Å²) < 4.78 is 16.1. The van der Waals surface area contributed by atoms with Crippen molar-refractivity contribution in [2.75, 3.05) is 19.2 Å². The molecule has 1 fully saturated rings. The van der Waals surface area contributed by atoms with Gasteiger partial charge in [0.1, 0.15) is 11.0 Å². The second-order valence-corrected chi connectivity index (χ2v) is 9.68. The van der Waals surface area contributed by atoms with Gasteiger partial charge in [-0.1, -0.05) is 41.6 Å². The zero-order valence-corrected chi connectivity index (χ0v) is 20.8. The standard InChI is InChI=1S/C26H22ClN3O5S/c1-33-20-7-3-6-19(12-20)28-25(32)23-13-24(31)30(14-16-8-9-21-22(10-16)35-15-34-21)26(36-23)29-18-5-2-4-17(27)11-18/h2-12,23H,13-15H2,1H3,(H,28,32). The number of amides is 2. The highest BCUT2D eigenvalue weighted by Gasteiger charge is 2.36. The van der Waals surface area contributed by atoms with Crippen LogP contribution in [0, 0.1) is 0 Å². The topological polar surface area (TPSA) is 89.5 Å². The number of amidine groups is 1. The van der Waals surface area contributed by atoms with Crippen LogP contribution in [0.4, 0.5) is 11.4 Å². The molecule has 2 aliphatic rings. The molecular weight excluding hydrogens is 502 g/mol. The fraction of sp³-hybridized carbons (Fsp3) is 0.192. The second-order valence-electron chi connectivity index (χ2n) is 8.07. The number of halogens is 1. The molecule has 1 N–H and O–H groups in total. The maximum absolute atomic E-state index is 13.3. The predicted octanol–water partition coefficient (Wildman–Crippen LogP) is 5.24. The summed E-state index contributed by atoms with van der Waals surface area (Å²) in [6.45, 7) is 0.439. The number of carbonyl (C=O) groups is 2. The van der Waals surface area contributed by atoms with Gasteiger partial charge in [0.05, 0.1) is 19.3 Å². The number of thioether (sulfide) groups is 1. The molecular formula is C26H22ClN3O5S. The Labute approximate surface area is 217 Å². The van der Waals surface area contributed by atoms with Crippen molar-refractivity contribution in [2.45, 2.75) is 18.2 Å². The molecule has 36 heavy (non-hydrogen) atoms. The van der Waals surface area contributed by atoms with E-state index in [0.717, 1.165) is 5.56 Å². The summed E-state index contributed by atoms with van der Waals surface area (Å²) in [6.07, 6.45) is 0.0274. The van der Waals surface area contributed by atoms with Gasteiger partial charge < -0.3 is 19.5 Å². The molecule has 2 aliphatic heterocycles. The van der Waals surface area contributed by atoms with Crippen LogP contribution in [0.3, 0.4) is 0 Å². The van der Waals surface area contributed by atoms with Crippen molar-refractivity contribution in [1.29, 1.82) is 0 Å². The van der Waals surface area contributed by atoms with Crippen LogP contribution in [0.5, 0.6) is 17.2 Å². The monoisotopic (exact) mass is 523 g/mol. The van der Waals surface area contributed by atoms with Crippen LogP contribution in [0.15, 0.2) is 71.7 Å². The van der Waals surface area contributed by atoms with Crippen LogP contribution < -0.4 is 19.5 Å². The van der Waals surface area contributed by atoms with Crippen molar-refractivity contribution in [3.05, 3.63) is 77.3 Å². The average Bonchev–Trinajstić information content (AvgIpc) is 3.34. The van der Waals surface area contributed by atoms with E-state index in [1.807, 2.05) is 18.2 Å². The highest BCUT2D eigenvalue weighted by Crippen LogP contribution is 2.35. The first-order valence-corrected chi connectivity index (χ1v) is 12.4. The lowest BCUT2D eigenvalue weighted by atomic mass is 10.1. The predicted molar refractivity (Wildman–Crippen MR) is 139 cm³/mol. The molecule has 3 aromatic rings. The molecule has 8 nitrogen and oxygen atoms in total. The summed E-state index contributed by atoms with van der Waals surface area (Å²) in [5, 5.41) is 3.16. The van der Waals surface area contributed by atoms with E-state index in [-0.39, 0.29) is 31.6 Å². The Morgan fingerprint density at radius 2 is 1.97 bits per heavy atom. The van der Waals surface area contributed by atoms with Crippen molar-refractivity contribution >= 4 is 51.7 Å². The van der Waals surface area contributed by atoms with Crippen LogP contribution in [-0.4, -0.2) is 41.0 Å². The summed E-state index contributed by atoms with van der Waals surface area (Å²) in [6, 6.07) is 19.6. The molecule has 1 atom stereocenters. The Morgan fingerprint density at radius 1 is 1.14 bits per heavy atom. The van der Waals surface area contributed by atoms with Gasteiger partial charge in [-0.05, 0) is 48.0 Å². The molecule has 1 saturated heterocycles. The molecule has 1 unspecified atom stereocenters. The average molecular weight is 524 g/mol. The van der Waals surface area contributed by atoms with E-state index in [1.54, 1.807) is 60.5 Å². The van der Waals surface area contributed by atoms with E-state index in [1.165, 1.54) is 11.8 Å². The number of ether oxygens (including phenoxy) is 3. The van der Waals surface area contributed by atoms with Crippen molar-refractivity contribution in [1.82, 2.24) is 4.90 Å².